The first-order valence-electron chi connectivity index (χ1n) is 7.65. The van der Waals surface area contributed by atoms with Gasteiger partial charge in [-0.15, -0.1) is 0 Å². The van der Waals surface area contributed by atoms with Crippen LogP contribution in [0.25, 0.3) is 11.1 Å². The Morgan fingerprint density at radius 1 is 0.667 bits per heavy atom. The monoisotopic (exact) mass is 316 g/mol. The van der Waals surface area contributed by atoms with Crippen molar-refractivity contribution in [1.29, 1.82) is 0 Å². The van der Waals surface area contributed by atoms with Crippen LogP contribution in [0.3, 0.4) is 0 Å². The minimum absolute atomic E-state index is 0.0908. The van der Waals surface area contributed by atoms with Crippen molar-refractivity contribution < 1.29 is 14.3 Å². The third-order valence-corrected chi connectivity index (χ3v) is 3.65. The van der Waals surface area contributed by atoms with Crippen molar-refractivity contribution in [2.24, 2.45) is 0 Å². The summed E-state index contributed by atoms with van der Waals surface area (Å²) in [4.78, 5) is 24.0. The second-order valence-corrected chi connectivity index (χ2v) is 5.33. The third-order valence-electron chi connectivity index (χ3n) is 3.65. The fraction of sp³-hybridized carbons (Fsp3) is 0.0476. The molecule has 0 bridgehead atoms. The summed E-state index contributed by atoms with van der Waals surface area (Å²) in [6, 6.07) is 26.1. The van der Waals surface area contributed by atoms with E-state index in [1.807, 2.05) is 72.8 Å². The summed E-state index contributed by atoms with van der Waals surface area (Å²) < 4.78 is 5.07. The summed E-state index contributed by atoms with van der Waals surface area (Å²) >= 11 is 0. The fourth-order valence-corrected chi connectivity index (χ4v) is 2.35. The Balaban J connectivity index is 1.65. The highest BCUT2D eigenvalue weighted by atomic mass is 16.5. The lowest BCUT2D eigenvalue weighted by Crippen LogP contribution is -2.17. The van der Waals surface area contributed by atoms with Crippen LogP contribution < -0.4 is 0 Å². The second-order valence-electron chi connectivity index (χ2n) is 5.33. The van der Waals surface area contributed by atoms with Gasteiger partial charge in [-0.05, 0) is 16.7 Å². The predicted octanol–water partition coefficient (Wildman–Crippen LogP) is 4.28. The molecular weight excluding hydrogens is 300 g/mol. The molecule has 0 N–H and O–H groups in total. The summed E-state index contributed by atoms with van der Waals surface area (Å²) in [6.07, 6.45) is 0. The Labute approximate surface area is 140 Å². The lowest BCUT2D eigenvalue weighted by atomic mass is 10.0. The lowest BCUT2D eigenvalue weighted by molar-refractivity contribution is -0.139. The van der Waals surface area contributed by atoms with Crippen LogP contribution in [0.2, 0.25) is 0 Å². The summed E-state index contributed by atoms with van der Waals surface area (Å²) in [5.74, 6) is -1.48. The molecular formula is C21H16O3. The average Bonchev–Trinajstić information content (AvgIpc) is 2.67. The van der Waals surface area contributed by atoms with Crippen LogP contribution in [0.1, 0.15) is 15.9 Å². The molecule has 0 radical (unpaired) electrons. The van der Waals surface area contributed by atoms with E-state index >= 15 is 0 Å². The number of ketones is 1. The first-order chi connectivity index (χ1) is 11.7. The third kappa shape index (κ3) is 3.76. The van der Waals surface area contributed by atoms with Crippen molar-refractivity contribution in [3.63, 3.8) is 0 Å². The number of hydrogen-bond donors (Lipinski definition) is 0. The molecule has 0 aliphatic carbocycles. The lowest BCUT2D eigenvalue weighted by Gasteiger charge is -2.05. The molecule has 0 atom stereocenters. The molecule has 0 saturated carbocycles. The van der Waals surface area contributed by atoms with Gasteiger partial charge in [-0.3, -0.25) is 4.79 Å². The number of carbonyl (C=O) groups excluding carboxylic acids is 2. The number of rotatable bonds is 5. The maximum atomic E-state index is 12.1. The SMILES string of the molecule is O=C(OCc1ccccc1)C(=O)c1ccc(-c2ccccc2)cc1. The zero-order valence-corrected chi connectivity index (χ0v) is 13.0. The Morgan fingerprint density at radius 3 is 1.83 bits per heavy atom. The van der Waals surface area contributed by atoms with Crippen LogP contribution in [-0.4, -0.2) is 11.8 Å². The predicted molar refractivity (Wildman–Crippen MR) is 92.4 cm³/mol. The first kappa shape index (κ1) is 15.7. The van der Waals surface area contributed by atoms with E-state index in [0.717, 1.165) is 16.7 Å². The van der Waals surface area contributed by atoms with E-state index in [0.29, 0.717) is 5.56 Å². The van der Waals surface area contributed by atoms with E-state index in [-0.39, 0.29) is 6.61 Å². The minimum atomic E-state index is -0.841. The largest absolute Gasteiger partial charge is 0.455 e. The Kier molecular flexibility index (Phi) is 4.82. The number of carbonyl (C=O) groups is 2. The Morgan fingerprint density at radius 2 is 1.21 bits per heavy atom. The molecule has 0 fully saturated rings. The van der Waals surface area contributed by atoms with Crippen LogP contribution in [0.4, 0.5) is 0 Å². The quantitative estimate of drug-likeness (QED) is 0.401. The number of ether oxygens (including phenoxy) is 1. The maximum absolute atomic E-state index is 12.1. The molecule has 3 aromatic rings. The van der Waals surface area contributed by atoms with Gasteiger partial charge >= 0.3 is 5.97 Å². The number of esters is 1. The van der Waals surface area contributed by atoms with E-state index in [9.17, 15) is 9.59 Å². The van der Waals surface area contributed by atoms with E-state index in [1.165, 1.54) is 0 Å². The van der Waals surface area contributed by atoms with Gasteiger partial charge in [0.2, 0.25) is 0 Å². The topological polar surface area (TPSA) is 43.4 Å². The maximum Gasteiger partial charge on any atom is 0.380 e. The van der Waals surface area contributed by atoms with Crippen molar-refractivity contribution >= 4 is 11.8 Å². The minimum Gasteiger partial charge on any atom is -0.455 e. The highest BCUT2D eigenvalue weighted by Gasteiger charge is 2.17. The van der Waals surface area contributed by atoms with E-state index in [4.69, 9.17) is 4.74 Å². The summed E-state index contributed by atoms with van der Waals surface area (Å²) in [6.45, 7) is 0.0908. The Bertz CT molecular complexity index is 822. The fourth-order valence-electron chi connectivity index (χ4n) is 2.35. The van der Waals surface area contributed by atoms with Gasteiger partial charge < -0.3 is 4.74 Å². The molecule has 24 heavy (non-hydrogen) atoms. The van der Waals surface area contributed by atoms with Crippen LogP contribution in [0.5, 0.6) is 0 Å². The van der Waals surface area contributed by atoms with Crippen molar-refractivity contribution in [2.45, 2.75) is 6.61 Å². The van der Waals surface area contributed by atoms with Crippen LogP contribution in [0, 0.1) is 0 Å². The van der Waals surface area contributed by atoms with Gasteiger partial charge in [-0.2, -0.15) is 0 Å². The number of benzene rings is 3. The van der Waals surface area contributed by atoms with Gasteiger partial charge in [0.25, 0.3) is 5.78 Å². The van der Waals surface area contributed by atoms with E-state index < -0.39 is 11.8 Å². The summed E-state index contributed by atoms with van der Waals surface area (Å²) in [5, 5.41) is 0. The van der Waals surface area contributed by atoms with Gasteiger partial charge in [-0.1, -0.05) is 84.9 Å². The van der Waals surface area contributed by atoms with Gasteiger partial charge in [-0.25, -0.2) is 4.79 Å². The van der Waals surface area contributed by atoms with Crippen LogP contribution in [-0.2, 0) is 16.1 Å². The molecule has 0 aliphatic rings. The van der Waals surface area contributed by atoms with Gasteiger partial charge in [0.05, 0.1) is 0 Å². The smallest absolute Gasteiger partial charge is 0.380 e. The molecule has 0 spiro atoms. The number of hydrogen-bond acceptors (Lipinski definition) is 3. The molecule has 3 nitrogen and oxygen atoms in total. The average molecular weight is 316 g/mol. The number of Topliss-reactive ketones (excluding diaryl/α,β-unsaturated/α-hetero) is 1. The van der Waals surface area contributed by atoms with Crippen molar-refractivity contribution in [1.82, 2.24) is 0 Å². The second kappa shape index (κ2) is 7.38. The van der Waals surface area contributed by atoms with E-state index in [1.54, 1.807) is 12.1 Å². The van der Waals surface area contributed by atoms with Crippen molar-refractivity contribution in [3.05, 3.63) is 96.1 Å². The normalized spacial score (nSPS) is 10.2. The van der Waals surface area contributed by atoms with E-state index in [2.05, 4.69) is 0 Å². The zero-order chi connectivity index (χ0) is 16.8. The first-order valence-corrected chi connectivity index (χ1v) is 7.65. The van der Waals surface area contributed by atoms with Gasteiger partial charge in [0.15, 0.2) is 0 Å². The van der Waals surface area contributed by atoms with Crippen molar-refractivity contribution in [2.75, 3.05) is 0 Å². The highest BCUT2D eigenvalue weighted by molar-refractivity contribution is 6.40. The van der Waals surface area contributed by atoms with Crippen molar-refractivity contribution in [3.8, 4) is 11.1 Å². The van der Waals surface area contributed by atoms with Crippen LogP contribution >= 0.6 is 0 Å². The Hall–Kier alpha value is -3.20. The standard InChI is InChI=1S/C21H16O3/c22-20(21(23)24-15-16-7-3-1-4-8-16)19-13-11-18(12-14-19)17-9-5-2-6-10-17/h1-14H,15H2. The van der Waals surface area contributed by atoms with Gasteiger partial charge in [0.1, 0.15) is 6.61 Å². The molecule has 118 valence electrons. The molecule has 3 heteroatoms. The molecule has 0 unspecified atom stereocenters. The summed E-state index contributed by atoms with van der Waals surface area (Å²) in [7, 11) is 0. The van der Waals surface area contributed by atoms with Crippen LogP contribution in [0.15, 0.2) is 84.9 Å². The molecule has 0 aromatic heterocycles. The molecule has 0 heterocycles. The van der Waals surface area contributed by atoms with Gasteiger partial charge in [0, 0.05) is 5.56 Å². The molecule has 0 aliphatic heterocycles. The highest BCUT2D eigenvalue weighted by Crippen LogP contribution is 2.19. The zero-order valence-electron chi connectivity index (χ0n) is 13.0. The molecule has 3 rings (SSSR count). The molecule has 0 amide bonds. The molecule has 0 saturated heterocycles. The summed E-state index contributed by atoms with van der Waals surface area (Å²) in [5.41, 5.74) is 3.22. The molecule has 3 aromatic carbocycles.